The maximum atomic E-state index is 15.7. The van der Waals surface area contributed by atoms with E-state index in [0.29, 0.717) is 11.1 Å². The molecule has 0 N–H and O–H groups in total. The number of hydrogen-bond donors (Lipinski definition) is 0. The molecule has 0 fully saturated rings. The minimum Gasteiger partial charge on any atom is -1.00 e. The van der Waals surface area contributed by atoms with Crippen LogP contribution in [0.5, 0.6) is 0 Å². The van der Waals surface area contributed by atoms with E-state index in [0.717, 1.165) is 47.9 Å². The summed E-state index contributed by atoms with van der Waals surface area (Å²) in [7, 11) is 0. The molecule has 0 amide bonds. The van der Waals surface area contributed by atoms with Crippen LogP contribution in [0.4, 0.5) is 8.78 Å². The zero-order valence-corrected chi connectivity index (χ0v) is 35.7. The van der Waals surface area contributed by atoms with Crippen LogP contribution >= 0.6 is 0 Å². The van der Waals surface area contributed by atoms with Crippen LogP contribution in [0, 0.1) is 11.6 Å². The van der Waals surface area contributed by atoms with Crippen molar-refractivity contribution >= 4 is 4.26 Å². The Kier molecular flexibility index (Phi) is 12.6. The Hall–Kier alpha value is -4.02. The predicted octanol–water partition coefficient (Wildman–Crippen LogP) is 7.21. The monoisotopic (exact) mass is 918 g/mol. The first-order chi connectivity index (χ1) is 25.5. The summed E-state index contributed by atoms with van der Waals surface area (Å²) >= 11 is -3.00. The van der Waals surface area contributed by atoms with Crippen molar-refractivity contribution in [2.24, 2.45) is 0 Å². The fourth-order valence-corrected chi connectivity index (χ4v) is 17.9. The van der Waals surface area contributed by atoms with Crippen LogP contribution in [0.15, 0.2) is 186 Å². The van der Waals surface area contributed by atoms with Gasteiger partial charge < -0.3 is 24.8 Å². The van der Waals surface area contributed by atoms with E-state index in [-0.39, 0.29) is 48.3 Å². The number of halogens is 4. The molecular formula is C49H42Cl2F2Hf. The minimum atomic E-state index is -3.00. The molecule has 0 bridgehead atoms. The summed E-state index contributed by atoms with van der Waals surface area (Å²) < 4.78 is 39.5. The molecule has 2 atom stereocenters. The number of benzene rings is 4. The fraction of sp³-hybridized carbons (Fsp3) is 0.163. The van der Waals surface area contributed by atoms with E-state index in [1.54, 1.807) is 12.1 Å². The van der Waals surface area contributed by atoms with Crippen molar-refractivity contribution in [3.05, 3.63) is 209 Å². The van der Waals surface area contributed by atoms with Crippen LogP contribution in [0.1, 0.15) is 62.5 Å². The van der Waals surface area contributed by atoms with Crippen molar-refractivity contribution in [3.8, 4) is 22.3 Å². The Labute approximate surface area is 338 Å². The number of hydrogen-bond acceptors (Lipinski definition) is 0. The molecule has 5 heteroatoms. The van der Waals surface area contributed by atoms with E-state index < -0.39 is 21.0 Å². The summed E-state index contributed by atoms with van der Waals surface area (Å²) in [6, 6.07) is 31.2. The van der Waals surface area contributed by atoms with Crippen molar-refractivity contribution in [2.45, 2.75) is 51.4 Å². The first-order valence-electron chi connectivity index (χ1n) is 18.5. The molecule has 270 valence electrons. The first-order valence-corrected chi connectivity index (χ1v) is 24.6. The Morgan fingerprint density at radius 1 is 0.593 bits per heavy atom. The van der Waals surface area contributed by atoms with Crippen LogP contribution in [0.25, 0.3) is 22.3 Å². The van der Waals surface area contributed by atoms with Gasteiger partial charge in [0.15, 0.2) is 0 Å². The van der Waals surface area contributed by atoms with Gasteiger partial charge in [0.2, 0.25) is 0 Å². The summed E-state index contributed by atoms with van der Waals surface area (Å²) in [4.78, 5) is 0. The smallest absolute Gasteiger partial charge is 1.00 e. The molecule has 0 spiro atoms. The molecule has 2 unspecified atom stereocenters. The summed E-state index contributed by atoms with van der Waals surface area (Å²) in [6.07, 6.45) is 21.8. The maximum absolute atomic E-state index is 15.7. The van der Waals surface area contributed by atoms with Crippen molar-refractivity contribution in [1.82, 2.24) is 0 Å². The van der Waals surface area contributed by atoms with E-state index in [9.17, 15) is 0 Å². The first kappa shape index (κ1) is 39.7. The quantitative estimate of drug-likeness (QED) is 0.164. The third-order valence-corrected chi connectivity index (χ3v) is 19.7. The Balaban J connectivity index is 0.00000249. The number of fused-ring (bicyclic) bond motifs is 2. The summed E-state index contributed by atoms with van der Waals surface area (Å²) in [5.41, 5.74) is 13.0. The second kappa shape index (κ2) is 17.2. The molecule has 8 rings (SSSR count). The van der Waals surface area contributed by atoms with Gasteiger partial charge in [-0.25, -0.2) is 0 Å². The van der Waals surface area contributed by atoms with Gasteiger partial charge in [0.1, 0.15) is 0 Å². The molecule has 0 heterocycles. The summed E-state index contributed by atoms with van der Waals surface area (Å²) in [5.74, 6) is -0.229. The standard InChI is InChI=1S/2C24H20F.CH2.2ClH.Hf/c2*1-2-17-14-19-10-6-7-11-21(23(19)15-17)20-12-13-22(24(25)16-20)18-8-4-3-5-9-18;;;;/h2*3-10,12-13,15-16,21H,2,11H2,1H3;1H2;2*1H;/q;;;;;+2/p-2. The van der Waals surface area contributed by atoms with Crippen LogP contribution in [-0.4, -0.2) is 4.26 Å². The van der Waals surface area contributed by atoms with E-state index in [1.807, 2.05) is 72.8 Å². The average Bonchev–Trinajstić information content (AvgIpc) is 3.56. The van der Waals surface area contributed by atoms with Gasteiger partial charge in [0.05, 0.1) is 0 Å². The molecule has 0 radical (unpaired) electrons. The minimum absolute atomic E-state index is 0. The summed E-state index contributed by atoms with van der Waals surface area (Å²) in [6.45, 7) is 4.50. The second-order valence-corrected chi connectivity index (χ2v) is 21.0. The van der Waals surface area contributed by atoms with Gasteiger partial charge in [-0.3, -0.25) is 0 Å². The zero-order valence-electron chi connectivity index (χ0n) is 30.6. The van der Waals surface area contributed by atoms with Crippen molar-refractivity contribution in [3.63, 3.8) is 0 Å². The normalized spacial score (nSPS) is 18.5. The van der Waals surface area contributed by atoms with Crippen LogP contribution in [0.2, 0.25) is 0 Å². The van der Waals surface area contributed by atoms with E-state index in [1.165, 1.54) is 40.1 Å². The third-order valence-electron chi connectivity index (χ3n) is 11.1. The van der Waals surface area contributed by atoms with Gasteiger partial charge >= 0.3 is 316 Å². The summed E-state index contributed by atoms with van der Waals surface area (Å²) in [5, 5.41) is 0. The molecule has 4 aromatic carbocycles. The Bertz CT molecular complexity index is 2190. The maximum Gasteiger partial charge on any atom is -1.00 e. The predicted molar refractivity (Wildman–Crippen MR) is 211 cm³/mol. The third kappa shape index (κ3) is 7.36. The molecule has 0 aliphatic heterocycles. The number of allylic oxidation sites excluding steroid dienone is 16. The van der Waals surface area contributed by atoms with E-state index in [2.05, 4.69) is 74.6 Å². The Morgan fingerprint density at radius 3 is 1.37 bits per heavy atom. The molecule has 4 aliphatic carbocycles. The Morgan fingerprint density at radius 2 is 1.00 bits per heavy atom. The molecule has 4 aliphatic rings. The molecule has 4 aromatic rings. The van der Waals surface area contributed by atoms with Crippen LogP contribution in [-0.2, 0) is 21.0 Å². The average molecular weight is 918 g/mol. The number of rotatable bonds is 8. The van der Waals surface area contributed by atoms with Crippen LogP contribution in [0.3, 0.4) is 0 Å². The molecule has 0 saturated carbocycles. The zero-order chi connectivity index (χ0) is 35.8. The molecular weight excluding hydrogens is 876 g/mol. The van der Waals surface area contributed by atoms with Crippen molar-refractivity contribution in [1.29, 1.82) is 0 Å². The second-order valence-electron chi connectivity index (χ2n) is 14.0. The molecule has 0 nitrogen and oxygen atoms in total. The van der Waals surface area contributed by atoms with Crippen molar-refractivity contribution in [2.75, 3.05) is 0 Å². The van der Waals surface area contributed by atoms with Gasteiger partial charge in [0.25, 0.3) is 0 Å². The van der Waals surface area contributed by atoms with Gasteiger partial charge in [-0.15, -0.1) is 0 Å². The topological polar surface area (TPSA) is 0 Å². The van der Waals surface area contributed by atoms with E-state index in [4.69, 9.17) is 4.26 Å². The SMILES string of the molecule is [CH2]=[Hf+2]([C]1=C(CC)C=C2C1=CC=CCC2c1ccc(-c2ccccc2)c(F)c1)[C]1=C(CC)C=C2C1=CC=CCC2c1ccc(-c2ccccc2)c(F)c1.[Cl-].[Cl-]. The van der Waals surface area contributed by atoms with Crippen molar-refractivity contribution < 1.29 is 54.6 Å². The molecule has 0 aromatic heterocycles. The van der Waals surface area contributed by atoms with Crippen LogP contribution < -0.4 is 24.8 Å². The fourth-order valence-electron chi connectivity index (χ4n) is 8.48. The van der Waals surface area contributed by atoms with Gasteiger partial charge in [-0.1, -0.05) is 0 Å². The van der Waals surface area contributed by atoms with Gasteiger partial charge in [-0.05, 0) is 0 Å². The largest absolute Gasteiger partial charge is 1.00 e. The van der Waals surface area contributed by atoms with E-state index >= 15 is 8.78 Å². The van der Waals surface area contributed by atoms with Gasteiger partial charge in [0, 0.05) is 0 Å². The molecule has 0 saturated heterocycles. The molecule has 54 heavy (non-hydrogen) atoms. The van der Waals surface area contributed by atoms with Gasteiger partial charge in [-0.2, -0.15) is 0 Å².